The molecule has 5 rings (SSSR count). The lowest BCUT2D eigenvalue weighted by Crippen LogP contribution is -2.07. The van der Waals surface area contributed by atoms with Gasteiger partial charge in [0.1, 0.15) is 5.69 Å². The highest BCUT2D eigenvalue weighted by molar-refractivity contribution is 8.02. The molecule has 0 aliphatic heterocycles. The standard InChI is InChI=1S/C29H32Cl2N2S2/c30-23-15-11-21(12-16-23)27(20-34-25-7-3-1-4-8-25)33-19-28(35-26-9-5-2-6-10-26)29(32-33)22-13-17-24(31)18-14-22/h11-20,25-26H,1-10H2/b27-20-. The molecule has 0 spiro atoms. The highest BCUT2D eigenvalue weighted by Gasteiger charge is 2.21. The Morgan fingerprint density at radius 1 is 0.771 bits per heavy atom. The minimum Gasteiger partial charge on any atom is -0.238 e. The van der Waals surface area contributed by atoms with Crippen LogP contribution < -0.4 is 0 Å². The number of hydrogen-bond donors (Lipinski definition) is 0. The minimum atomic E-state index is 0.659. The molecule has 1 aromatic heterocycles. The lowest BCUT2D eigenvalue weighted by molar-refractivity contribution is 0.516. The summed E-state index contributed by atoms with van der Waals surface area (Å²) in [6, 6.07) is 16.2. The summed E-state index contributed by atoms with van der Waals surface area (Å²) < 4.78 is 2.09. The maximum absolute atomic E-state index is 6.23. The topological polar surface area (TPSA) is 17.8 Å². The van der Waals surface area contributed by atoms with Crippen LogP contribution in [-0.2, 0) is 0 Å². The van der Waals surface area contributed by atoms with E-state index in [1.807, 2.05) is 47.8 Å². The van der Waals surface area contributed by atoms with Gasteiger partial charge in [-0.25, -0.2) is 4.68 Å². The van der Waals surface area contributed by atoms with Crippen LogP contribution in [0.3, 0.4) is 0 Å². The predicted octanol–water partition coefficient (Wildman–Crippen LogP) is 10.2. The third-order valence-corrected chi connectivity index (χ3v) is 10.0. The highest BCUT2D eigenvalue weighted by atomic mass is 35.5. The van der Waals surface area contributed by atoms with Gasteiger partial charge in [-0.2, -0.15) is 5.10 Å². The minimum absolute atomic E-state index is 0.659. The lowest BCUT2D eigenvalue weighted by atomic mass is 10.0. The molecule has 1 heterocycles. The van der Waals surface area contributed by atoms with Crippen LogP contribution in [0.5, 0.6) is 0 Å². The number of nitrogens with zero attached hydrogens (tertiary/aromatic N) is 2. The third kappa shape index (κ3) is 6.71. The van der Waals surface area contributed by atoms with E-state index in [0.29, 0.717) is 10.5 Å². The molecular formula is C29H32Cl2N2S2. The molecule has 2 saturated carbocycles. The largest absolute Gasteiger partial charge is 0.238 e. The summed E-state index contributed by atoms with van der Waals surface area (Å²) >= 11 is 16.4. The molecule has 0 bridgehead atoms. The normalized spacial score (nSPS) is 18.2. The van der Waals surface area contributed by atoms with Crippen molar-refractivity contribution in [1.82, 2.24) is 9.78 Å². The van der Waals surface area contributed by atoms with Crippen LogP contribution in [0.15, 0.2) is 65.0 Å². The Morgan fingerprint density at radius 3 is 1.97 bits per heavy atom. The van der Waals surface area contributed by atoms with E-state index in [4.69, 9.17) is 28.3 Å². The van der Waals surface area contributed by atoms with Crippen LogP contribution in [0.4, 0.5) is 0 Å². The molecule has 0 unspecified atom stereocenters. The van der Waals surface area contributed by atoms with Crippen LogP contribution in [0.2, 0.25) is 10.0 Å². The second-order valence-corrected chi connectivity index (χ2v) is 13.0. The fourth-order valence-electron chi connectivity index (χ4n) is 4.97. The monoisotopic (exact) mass is 542 g/mol. The first-order chi connectivity index (χ1) is 17.2. The predicted molar refractivity (Wildman–Crippen MR) is 155 cm³/mol. The van der Waals surface area contributed by atoms with Gasteiger partial charge in [-0.05, 0) is 55.4 Å². The summed E-state index contributed by atoms with van der Waals surface area (Å²) in [5.74, 6) is 0. The fraction of sp³-hybridized carbons (Fsp3) is 0.414. The van der Waals surface area contributed by atoms with Gasteiger partial charge in [-0.15, -0.1) is 23.5 Å². The summed E-state index contributed by atoms with van der Waals surface area (Å²) in [5, 5.41) is 10.4. The van der Waals surface area contributed by atoms with Crippen LogP contribution in [0.1, 0.15) is 69.8 Å². The van der Waals surface area contributed by atoms with Crippen molar-refractivity contribution in [3.05, 3.63) is 75.7 Å². The van der Waals surface area contributed by atoms with Gasteiger partial charge in [0.05, 0.1) is 10.6 Å². The highest BCUT2D eigenvalue weighted by Crippen LogP contribution is 2.40. The summed E-state index contributed by atoms with van der Waals surface area (Å²) in [7, 11) is 0. The summed E-state index contributed by atoms with van der Waals surface area (Å²) in [5.41, 5.74) is 4.40. The van der Waals surface area contributed by atoms with Gasteiger partial charge < -0.3 is 0 Å². The van der Waals surface area contributed by atoms with E-state index < -0.39 is 0 Å². The molecule has 3 aromatic rings. The Kier molecular flexibility index (Phi) is 8.88. The van der Waals surface area contributed by atoms with E-state index in [0.717, 1.165) is 32.6 Å². The molecule has 0 amide bonds. The Bertz CT molecular complexity index is 1130. The van der Waals surface area contributed by atoms with Gasteiger partial charge in [0.2, 0.25) is 0 Å². The first-order valence-corrected chi connectivity index (χ1v) is 15.4. The van der Waals surface area contributed by atoms with E-state index in [9.17, 15) is 0 Å². The third-order valence-electron chi connectivity index (χ3n) is 6.96. The van der Waals surface area contributed by atoms with Crippen LogP contribution in [-0.4, -0.2) is 20.3 Å². The molecule has 2 aliphatic carbocycles. The molecule has 2 fully saturated rings. The molecule has 2 aromatic carbocycles. The summed E-state index contributed by atoms with van der Waals surface area (Å²) in [4.78, 5) is 1.25. The first kappa shape index (κ1) is 25.3. The van der Waals surface area contributed by atoms with Crippen molar-refractivity contribution in [3.63, 3.8) is 0 Å². The van der Waals surface area contributed by atoms with Crippen LogP contribution >= 0.6 is 46.7 Å². The molecule has 0 saturated heterocycles. The molecule has 184 valence electrons. The van der Waals surface area contributed by atoms with E-state index in [1.54, 1.807) is 0 Å². The molecule has 0 atom stereocenters. The zero-order chi connectivity index (χ0) is 24.0. The summed E-state index contributed by atoms with van der Waals surface area (Å²) in [6.07, 6.45) is 15.5. The van der Waals surface area contributed by atoms with Crippen molar-refractivity contribution in [2.45, 2.75) is 79.6 Å². The number of aromatic nitrogens is 2. The van der Waals surface area contributed by atoms with Crippen molar-refractivity contribution < 1.29 is 0 Å². The average molecular weight is 544 g/mol. The average Bonchev–Trinajstić information content (AvgIpc) is 3.30. The Labute approximate surface area is 227 Å². The zero-order valence-corrected chi connectivity index (χ0v) is 23.1. The van der Waals surface area contributed by atoms with E-state index in [2.05, 4.69) is 40.6 Å². The zero-order valence-electron chi connectivity index (χ0n) is 20.0. The van der Waals surface area contributed by atoms with Crippen molar-refractivity contribution >= 4 is 52.4 Å². The van der Waals surface area contributed by atoms with Gasteiger partial charge in [-0.3, -0.25) is 0 Å². The van der Waals surface area contributed by atoms with Crippen molar-refractivity contribution in [2.24, 2.45) is 0 Å². The maximum Gasteiger partial charge on any atom is 0.106 e. The van der Waals surface area contributed by atoms with E-state index in [-0.39, 0.29) is 0 Å². The van der Waals surface area contributed by atoms with Crippen molar-refractivity contribution in [2.75, 3.05) is 0 Å². The van der Waals surface area contributed by atoms with Gasteiger partial charge in [0, 0.05) is 37.9 Å². The number of benzene rings is 2. The van der Waals surface area contributed by atoms with Crippen LogP contribution in [0.25, 0.3) is 17.0 Å². The lowest BCUT2D eigenvalue weighted by Gasteiger charge is -2.20. The van der Waals surface area contributed by atoms with Gasteiger partial charge in [-0.1, -0.05) is 86.0 Å². The van der Waals surface area contributed by atoms with Crippen molar-refractivity contribution in [3.8, 4) is 11.3 Å². The molecule has 0 radical (unpaired) electrons. The van der Waals surface area contributed by atoms with E-state index in [1.165, 1.54) is 69.1 Å². The van der Waals surface area contributed by atoms with Crippen LogP contribution in [0, 0.1) is 0 Å². The molecular weight excluding hydrogens is 511 g/mol. The number of hydrogen-bond acceptors (Lipinski definition) is 3. The second kappa shape index (κ2) is 12.3. The molecule has 0 N–H and O–H groups in total. The first-order valence-electron chi connectivity index (χ1n) is 12.8. The fourth-order valence-corrected chi connectivity index (χ4v) is 7.76. The SMILES string of the molecule is Clc1ccc(/C(=C/SC2CCCCC2)n2cc(SC3CCCCC3)c(-c3ccc(Cl)cc3)n2)cc1. The smallest absolute Gasteiger partial charge is 0.106 e. The molecule has 2 nitrogen and oxygen atoms in total. The van der Waals surface area contributed by atoms with Gasteiger partial charge in [0.15, 0.2) is 0 Å². The van der Waals surface area contributed by atoms with Gasteiger partial charge >= 0.3 is 0 Å². The molecule has 6 heteroatoms. The maximum atomic E-state index is 6.23. The molecule has 35 heavy (non-hydrogen) atoms. The van der Waals surface area contributed by atoms with Gasteiger partial charge in [0.25, 0.3) is 0 Å². The number of rotatable bonds is 7. The number of thioether (sulfide) groups is 2. The second-order valence-electron chi connectivity index (χ2n) is 9.58. The summed E-state index contributed by atoms with van der Waals surface area (Å²) in [6.45, 7) is 0. The Balaban J connectivity index is 1.52. The van der Waals surface area contributed by atoms with Crippen molar-refractivity contribution in [1.29, 1.82) is 0 Å². The Hall–Kier alpha value is -1.33. The van der Waals surface area contributed by atoms with E-state index >= 15 is 0 Å². The Morgan fingerprint density at radius 2 is 1.34 bits per heavy atom. The molecule has 2 aliphatic rings. The quantitative estimate of drug-likeness (QED) is 0.295. The number of halogens is 2.